The first-order valence-corrected chi connectivity index (χ1v) is 6.21. The summed E-state index contributed by atoms with van der Waals surface area (Å²) >= 11 is 0. The van der Waals surface area contributed by atoms with Crippen LogP contribution in [0.1, 0.15) is 29.3 Å². The molecule has 21 heavy (non-hydrogen) atoms. The number of benzene rings is 1. The SMILES string of the molecule is CCc1ccc(C(=O)N=O)cc1OCCCOC(F)(F)F. The van der Waals surface area contributed by atoms with E-state index in [1.807, 2.05) is 6.92 Å². The lowest BCUT2D eigenvalue weighted by Gasteiger charge is -2.12. The number of carbonyl (C=O) groups excluding carboxylic acids is 1. The molecule has 0 radical (unpaired) electrons. The molecule has 1 rings (SSSR count). The second-order valence-electron chi connectivity index (χ2n) is 4.07. The Labute approximate surface area is 119 Å². The fourth-order valence-corrected chi connectivity index (χ4v) is 1.60. The number of halogens is 3. The molecule has 0 aliphatic carbocycles. The minimum Gasteiger partial charge on any atom is -0.493 e. The first kappa shape index (κ1) is 17.1. The van der Waals surface area contributed by atoms with Crippen molar-refractivity contribution in [2.75, 3.05) is 13.2 Å². The van der Waals surface area contributed by atoms with Crippen molar-refractivity contribution in [1.29, 1.82) is 0 Å². The van der Waals surface area contributed by atoms with E-state index in [1.54, 1.807) is 6.07 Å². The molecular weight excluding hydrogens is 291 g/mol. The Morgan fingerprint density at radius 2 is 2.00 bits per heavy atom. The molecule has 1 aromatic carbocycles. The van der Waals surface area contributed by atoms with Gasteiger partial charge in [-0.05, 0) is 24.1 Å². The summed E-state index contributed by atoms with van der Waals surface area (Å²) in [6.07, 6.45) is -4.01. The maximum Gasteiger partial charge on any atom is 0.522 e. The van der Waals surface area contributed by atoms with Crippen LogP contribution in [0.2, 0.25) is 0 Å². The van der Waals surface area contributed by atoms with Gasteiger partial charge < -0.3 is 4.74 Å². The molecule has 0 heterocycles. The topological polar surface area (TPSA) is 65.0 Å². The second kappa shape index (κ2) is 7.72. The molecule has 0 spiro atoms. The molecular formula is C13H14F3NO4. The number of aryl methyl sites for hydroxylation is 1. The third-order valence-electron chi connectivity index (χ3n) is 2.59. The fourth-order valence-electron chi connectivity index (χ4n) is 1.60. The Kier molecular flexibility index (Phi) is 6.29. The molecule has 0 aliphatic rings. The predicted molar refractivity (Wildman–Crippen MR) is 68.1 cm³/mol. The van der Waals surface area contributed by atoms with Gasteiger partial charge in [0.1, 0.15) is 5.75 Å². The van der Waals surface area contributed by atoms with Gasteiger partial charge in [0.2, 0.25) is 0 Å². The van der Waals surface area contributed by atoms with Crippen LogP contribution in [0.4, 0.5) is 13.2 Å². The molecule has 0 N–H and O–H groups in total. The summed E-state index contributed by atoms with van der Waals surface area (Å²) in [5.41, 5.74) is 0.845. The number of carbonyl (C=O) groups is 1. The average Bonchev–Trinajstić information content (AvgIpc) is 2.44. The molecule has 0 saturated heterocycles. The van der Waals surface area contributed by atoms with Gasteiger partial charge in [0.15, 0.2) is 0 Å². The van der Waals surface area contributed by atoms with Gasteiger partial charge in [0.25, 0.3) is 0 Å². The average molecular weight is 305 g/mol. The largest absolute Gasteiger partial charge is 0.522 e. The Morgan fingerprint density at radius 3 is 2.57 bits per heavy atom. The Balaban J connectivity index is 2.60. The first-order valence-electron chi connectivity index (χ1n) is 6.21. The molecule has 116 valence electrons. The van der Waals surface area contributed by atoms with Crippen LogP contribution >= 0.6 is 0 Å². The highest BCUT2D eigenvalue weighted by atomic mass is 19.4. The number of amides is 1. The minimum atomic E-state index is -4.66. The molecule has 0 aromatic heterocycles. The normalized spacial score (nSPS) is 11.2. The highest BCUT2D eigenvalue weighted by Gasteiger charge is 2.28. The zero-order valence-corrected chi connectivity index (χ0v) is 11.3. The number of ether oxygens (including phenoxy) is 2. The molecule has 0 aliphatic heterocycles. The number of nitroso groups, excluding NO2 is 1. The zero-order chi connectivity index (χ0) is 15.9. The van der Waals surface area contributed by atoms with Gasteiger partial charge in [0, 0.05) is 17.2 Å². The standard InChI is InChI=1S/C13H14F3NO4/c1-2-9-4-5-10(12(18)17-19)8-11(9)20-6-3-7-21-13(14,15)16/h4-5,8H,2-3,6-7H2,1H3. The lowest BCUT2D eigenvalue weighted by molar-refractivity contribution is -0.324. The third-order valence-corrected chi connectivity index (χ3v) is 2.59. The number of hydrogen-bond donors (Lipinski definition) is 0. The molecule has 0 fully saturated rings. The molecule has 0 atom stereocenters. The number of hydrogen-bond acceptors (Lipinski definition) is 4. The van der Waals surface area contributed by atoms with Crippen molar-refractivity contribution in [2.45, 2.75) is 26.1 Å². The van der Waals surface area contributed by atoms with Crippen LogP contribution in [0.5, 0.6) is 5.75 Å². The quantitative estimate of drug-likeness (QED) is 0.571. The van der Waals surface area contributed by atoms with Crippen LogP contribution in [-0.2, 0) is 11.2 Å². The highest BCUT2D eigenvalue weighted by molar-refractivity contribution is 5.95. The minimum absolute atomic E-state index is 0.00472. The second-order valence-corrected chi connectivity index (χ2v) is 4.07. The van der Waals surface area contributed by atoms with Gasteiger partial charge in [-0.3, -0.25) is 9.53 Å². The molecule has 0 bridgehead atoms. The molecule has 5 nitrogen and oxygen atoms in total. The first-order chi connectivity index (χ1) is 9.87. The molecule has 8 heteroatoms. The molecule has 0 saturated carbocycles. The van der Waals surface area contributed by atoms with E-state index in [2.05, 4.69) is 9.91 Å². The maximum absolute atomic E-state index is 11.8. The summed E-state index contributed by atoms with van der Waals surface area (Å²) in [5.74, 6) is -0.582. The van der Waals surface area contributed by atoms with Gasteiger partial charge in [-0.1, -0.05) is 13.0 Å². The fraction of sp³-hybridized carbons (Fsp3) is 0.462. The van der Waals surface area contributed by atoms with Crippen LogP contribution in [0.15, 0.2) is 23.4 Å². The highest BCUT2D eigenvalue weighted by Crippen LogP contribution is 2.22. The van der Waals surface area contributed by atoms with E-state index in [1.165, 1.54) is 12.1 Å². The lowest BCUT2D eigenvalue weighted by atomic mass is 10.1. The van der Waals surface area contributed by atoms with Gasteiger partial charge in [-0.2, -0.15) is 0 Å². The number of nitrogens with zero attached hydrogens (tertiary/aromatic N) is 1. The van der Waals surface area contributed by atoms with Gasteiger partial charge in [0.05, 0.1) is 13.2 Å². The van der Waals surface area contributed by atoms with Crippen molar-refractivity contribution in [3.63, 3.8) is 0 Å². The molecule has 1 aromatic rings. The maximum atomic E-state index is 11.8. The van der Waals surface area contributed by atoms with E-state index in [0.29, 0.717) is 12.2 Å². The van der Waals surface area contributed by atoms with Crippen molar-refractivity contribution >= 4 is 5.91 Å². The lowest BCUT2D eigenvalue weighted by Crippen LogP contribution is -2.15. The number of alkyl halides is 3. The Morgan fingerprint density at radius 1 is 1.29 bits per heavy atom. The Bertz CT molecular complexity index is 503. The van der Waals surface area contributed by atoms with Gasteiger partial charge in [-0.25, -0.2) is 0 Å². The van der Waals surface area contributed by atoms with Gasteiger partial charge in [-0.15, -0.1) is 18.1 Å². The zero-order valence-electron chi connectivity index (χ0n) is 11.3. The summed E-state index contributed by atoms with van der Waals surface area (Å²) in [6, 6.07) is 4.41. The summed E-state index contributed by atoms with van der Waals surface area (Å²) < 4.78 is 44.2. The van der Waals surface area contributed by atoms with Crippen LogP contribution in [0, 0.1) is 4.91 Å². The summed E-state index contributed by atoms with van der Waals surface area (Å²) in [7, 11) is 0. The summed E-state index contributed by atoms with van der Waals surface area (Å²) in [4.78, 5) is 21.4. The van der Waals surface area contributed by atoms with Crippen LogP contribution in [-0.4, -0.2) is 25.5 Å². The Hall–Kier alpha value is -1.96. The van der Waals surface area contributed by atoms with E-state index in [-0.39, 0.29) is 18.6 Å². The van der Waals surface area contributed by atoms with Crippen molar-refractivity contribution < 1.29 is 27.4 Å². The van der Waals surface area contributed by atoms with Crippen molar-refractivity contribution in [2.24, 2.45) is 5.18 Å². The van der Waals surface area contributed by atoms with Crippen LogP contribution < -0.4 is 4.74 Å². The third kappa shape index (κ3) is 5.90. The van der Waals surface area contributed by atoms with E-state index in [4.69, 9.17) is 4.74 Å². The number of rotatable bonds is 7. The van der Waals surface area contributed by atoms with E-state index in [0.717, 1.165) is 5.56 Å². The molecule has 1 amide bonds. The predicted octanol–water partition coefficient (Wildman–Crippen LogP) is 3.46. The van der Waals surface area contributed by atoms with E-state index >= 15 is 0 Å². The van der Waals surface area contributed by atoms with Crippen LogP contribution in [0.25, 0.3) is 0 Å². The monoisotopic (exact) mass is 305 g/mol. The summed E-state index contributed by atoms with van der Waals surface area (Å²) in [6.45, 7) is 1.34. The van der Waals surface area contributed by atoms with Crippen molar-refractivity contribution in [3.05, 3.63) is 34.2 Å². The summed E-state index contributed by atoms with van der Waals surface area (Å²) in [5, 5.41) is 2.30. The van der Waals surface area contributed by atoms with Crippen molar-refractivity contribution in [3.8, 4) is 5.75 Å². The van der Waals surface area contributed by atoms with Crippen molar-refractivity contribution in [1.82, 2.24) is 0 Å². The van der Waals surface area contributed by atoms with E-state index < -0.39 is 18.9 Å². The van der Waals surface area contributed by atoms with E-state index in [9.17, 15) is 22.9 Å². The van der Waals surface area contributed by atoms with Crippen LogP contribution in [0.3, 0.4) is 0 Å². The smallest absolute Gasteiger partial charge is 0.493 e. The molecule has 0 unspecified atom stereocenters. The van der Waals surface area contributed by atoms with Gasteiger partial charge >= 0.3 is 12.3 Å².